The van der Waals surface area contributed by atoms with Crippen LogP contribution in [0.5, 0.6) is 0 Å². The number of rotatable bonds is 2. The fourth-order valence-corrected chi connectivity index (χ4v) is 4.77. The Balaban J connectivity index is 1.84. The Hall–Kier alpha value is -3.92. The van der Waals surface area contributed by atoms with Gasteiger partial charge in [-0.1, -0.05) is 36.4 Å². The smallest absolute Gasteiger partial charge is 0.298 e. The lowest BCUT2D eigenvalue weighted by Crippen LogP contribution is -2.30. The number of imidazole rings is 1. The zero-order valence-corrected chi connectivity index (χ0v) is 18.2. The summed E-state index contributed by atoms with van der Waals surface area (Å²) in [5, 5.41) is 1.31. The van der Waals surface area contributed by atoms with E-state index in [1.165, 1.54) is 0 Å². The molecule has 3 aromatic heterocycles. The van der Waals surface area contributed by atoms with E-state index in [0.717, 1.165) is 39.4 Å². The number of hydrogen-bond donors (Lipinski definition) is 0. The lowest BCUT2D eigenvalue weighted by Gasteiger charge is -2.09. The number of aromatic nitrogens is 3. The van der Waals surface area contributed by atoms with Gasteiger partial charge in [0.25, 0.3) is 5.82 Å². The lowest BCUT2D eigenvalue weighted by atomic mass is 9.99. The molecule has 156 valence electrons. The molecule has 0 atom stereocenters. The van der Waals surface area contributed by atoms with Crippen LogP contribution < -0.4 is 4.57 Å². The number of para-hydroxylation sites is 3. The molecule has 0 aliphatic carbocycles. The molecule has 4 heteroatoms. The van der Waals surface area contributed by atoms with Gasteiger partial charge in [0.1, 0.15) is 11.3 Å². The summed E-state index contributed by atoms with van der Waals surface area (Å²) in [6.07, 6.45) is 0. The first-order valence-electron chi connectivity index (χ1n) is 12.1. The highest BCUT2D eigenvalue weighted by molar-refractivity contribution is 6.10. The third kappa shape index (κ3) is 2.56. The minimum Gasteiger partial charge on any atom is -0.437 e. The third-order valence-corrected chi connectivity index (χ3v) is 6.20. The van der Waals surface area contributed by atoms with Gasteiger partial charge in [0, 0.05) is 20.6 Å². The minimum absolute atomic E-state index is 0.281. The highest BCUT2D eigenvalue weighted by atomic mass is 16.3. The van der Waals surface area contributed by atoms with Crippen molar-refractivity contribution in [2.75, 3.05) is 0 Å². The quantitative estimate of drug-likeness (QED) is 0.306. The van der Waals surface area contributed by atoms with Crippen LogP contribution in [0.2, 0.25) is 0 Å². The molecule has 32 heavy (non-hydrogen) atoms. The van der Waals surface area contributed by atoms with Crippen molar-refractivity contribution in [3.8, 4) is 17.1 Å². The topological polar surface area (TPSA) is 34.8 Å². The predicted molar refractivity (Wildman–Crippen MR) is 129 cm³/mol. The molecule has 0 saturated carbocycles. The second-order valence-electron chi connectivity index (χ2n) is 8.27. The molecule has 6 rings (SSSR count). The average Bonchev–Trinajstić information content (AvgIpc) is 3.33. The molecule has 6 aromatic rings. The SMILES string of the molecule is [2H]C([2H])([2H])c1cc(C)c(-c2n(-c3ccccc3)c3ccccc3[n+]2C)c2oc3nc(C)ccc3c12. The average molecular weight is 422 g/mol. The Kier molecular flexibility index (Phi) is 3.36. The molecule has 4 nitrogen and oxygen atoms in total. The molecule has 3 heterocycles. The summed E-state index contributed by atoms with van der Waals surface area (Å²) >= 11 is 0. The van der Waals surface area contributed by atoms with Gasteiger partial charge < -0.3 is 4.42 Å². The van der Waals surface area contributed by atoms with Gasteiger partial charge >= 0.3 is 0 Å². The van der Waals surface area contributed by atoms with Gasteiger partial charge in [0.05, 0.1) is 7.05 Å². The largest absolute Gasteiger partial charge is 0.437 e. The number of fused-ring (bicyclic) bond motifs is 4. The van der Waals surface area contributed by atoms with E-state index in [0.29, 0.717) is 22.1 Å². The first-order chi connectivity index (χ1) is 16.8. The molecule has 0 N–H and O–H groups in total. The van der Waals surface area contributed by atoms with E-state index in [1.807, 2.05) is 63.4 Å². The van der Waals surface area contributed by atoms with Crippen LogP contribution >= 0.6 is 0 Å². The molecule has 0 aliphatic heterocycles. The summed E-state index contributed by atoms with van der Waals surface area (Å²) in [5.74, 6) is 0.910. The zero-order chi connectivity index (χ0) is 24.5. The molecule has 0 unspecified atom stereocenters. The summed E-state index contributed by atoms with van der Waals surface area (Å²) < 4.78 is 35.5. The van der Waals surface area contributed by atoms with Gasteiger partial charge in [-0.25, -0.2) is 9.55 Å². The van der Waals surface area contributed by atoms with Gasteiger partial charge in [0.15, 0.2) is 16.6 Å². The highest BCUT2D eigenvalue weighted by Crippen LogP contribution is 2.40. The van der Waals surface area contributed by atoms with E-state index in [4.69, 9.17) is 8.53 Å². The highest BCUT2D eigenvalue weighted by Gasteiger charge is 2.30. The second-order valence-corrected chi connectivity index (χ2v) is 8.27. The fraction of sp³-hybridized carbons (Fsp3) is 0.143. The van der Waals surface area contributed by atoms with Gasteiger partial charge in [-0.3, -0.25) is 0 Å². The van der Waals surface area contributed by atoms with Crippen molar-refractivity contribution in [1.82, 2.24) is 9.55 Å². The number of nitrogens with zero attached hydrogens (tertiary/aromatic N) is 3. The van der Waals surface area contributed by atoms with Crippen LogP contribution in [-0.4, -0.2) is 9.55 Å². The van der Waals surface area contributed by atoms with E-state index >= 15 is 0 Å². The Morgan fingerprint density at radius 3 is 2.53 bits per heavy atom. The Bertz CT molecular complexity index is 1760. The van der Waals surface area contributed by atoms with Crippen LogP contribution in [0.15, 0.2) is 77.2 Å². The van der Waals surface area contributed by atoms with Crippen LogP contribution in [-0.2, 0) is 7.05 Å². The molecule has 0 fully saturated rings. The second kappa shape index (κ2) is 6.79. The van der Waals surface area contributed by atoms with Crippen molar-refractivity contribution < 1.29 is 13.1 Å². The van der Waals surface area contributed by atoms with Crippen molar-refractivity contribution in [3.05, 3.63) is 89.6 Å². The zero-order valence-electron chi connectivity index (χ0n) is 21.2. The molecular formula is C28H24N3O+. The van der Waals surface area contributed by atoms with E-state index < -0.39 is 6.85 Å². The first kappa shape index (κ1) is 15.8. The Morgan fingerprint density at radius 1 is 0.938 bits per heavy atom. The van der Waals surface area contributed by atoms with E-state index in [1.54, 1.807) is 6.07 Å². The number of aryl methyl sites for hydroxylation is 4. The normalized spacial score (nSPS) is 13.5. The van der Waals surface area contributed by atoms with Crippen LogP contribution in [0.3, 0.4) is 0 Å². The summed E-state index contributed by atoms with van der Waals surface area (Å²) in [7, 11) is 2.03. The molecule has 0 saturated heterocycles. The maximum Gasteiger partial charge on any atom is 0.298 e. The number of hydrogen-bond acceptors (Lipinski definition) is 2. The first-order valence-corrected chi connectivity index (χ1v) is 10.6. The van der Waals surface area contributed by atoms with E-state index in [9.17, 15) is 0 Å². The standard InChI is InChI=1S/C28H24N3O/c1-17-16-18(2)25(26-24(17)21-15-14-19(3)29-27(21)32-26)28-30(4)22-12-8-9-13-23(22)31(28)20-10-6-5-7-11-20/h5-16H,1-4H3/q+1/i1D3. The van der Waals surface area contributed by atoms with E-state index in [2.05, 4.69) is 38.4 Å². The van der Waals surface area contributed by atoms with Crippen LogP contribution in [0.25, 0.3) is 50.2 Å². The van der Waals surface area contributed by atoms with Gasteiger partial charge in [-0.05, 0) is 68.2 Å². The summed E-state index contributed by atoms with van der Waals surface area (Å²) in [5.41, 5.74) is 6.88. The van der Waals surface area contributed by atoms with Crippen molar-refractivity contribution in [2.24, 2.45) is 7.05 Å². The van der Waals surface area contributed by atoms with Crippen molar-refractivity contribution in [2.45, 2.75) is 20.7 Å². The molecule has 0 bridgehead atoms. The van der Waals surface area contributed by atoms with Gasteiger partial charge in [-0.15, -0.1) is 0 Å². The van der Waals surface area contributed by atoms with Crippen molar-refractivity contribution >= 4 is 33.1 Å². The fourth-order valence-electron chi connectivity index (χ4n) is 4.77. The van der Waals surface area contributed by atoms with Gasteiger partial charge in [-0.2, -0.15) is 4.57 Å². The monoisotopic (exact) mass is 421 g/mol. The summed E-state index contributed by atoms with van der Waals surface area (Å²) in [6.45, 7) is 1.55. The van der Waals surface area contributed by atoms with Crippen LogP contribution in [0, 0.1) is 20.7 Å². The summed E-state index contributed by atoms with van der Waals surface area (Å²) in [4.78, 5) is 4.58. The predicted octanol–water partition coefficient (Wildman–Crippen LogP) is 6.34. The van der Waals surface area contributed by atoms with Crippen molar-refractivity contribution in [1.29, 1.82) is 0 Å². The van der Waals surface area contributed by atoms with Crippen LogP contribution in [0.1, 0.15) is 20.9 Å². The molecule has 3 aromatic carbocycles. The maximum atomic E-state index is 8.25. The molecule has 0 aliphatic rings. The van der Waals surface area contributed by atoms with Gasteiger partial charge in [0.2, 0.25) is 5.71 Å². The number of pyridine rings is 1. The number of furan rings is 1. The lowest BCUT2D eigenvalue weighted by molar-refractivity contribution is -0.633. The molecule has 0 amide bonds. The summed E-state index contributed by atoms with van der Waals surface area (Å²) in [6, 6.07) is 24.0. The molecular weight excluding hydrogens is 394 g/mol. The molecule has 0 radical (unpaired) electrons. The third-order valence-electron chi connectivity index (χ3n) is 6.20. The molecule has 0 spiro atoms. The Morgan fingerprint density at radius 2 is 1.72 bits per heavy atom. The van der Waals surface area contributed by atoms with Crippen molar-refractivity contribution in [3.63, 3.8) is 0 Å². The van der Waals surface area contributed by atoms with E-state index in [-0.39, 0.29) is 5.56 Å². The number of benzene rings is 3. The Labute approximate surface area is 190 Å². The maximum absolute atomic E-state index is 8.25. The van der Waals surface area contributed by atoms with Crippen LogP contribution in [0.4, 0.5) is 0 Å². The minimum atomic E-state index is -2.29.